The van der Waals surface area contributed by atoms with E-state index in [1.807, 2.05) is 14.0 Å². The van der Waals surface area contributed by atoms with Gasteiger partial charge in [-0.25, -0.2) is 13.1 Å². The van der Waals surface area contributed by atoms with Crippen molar-refractivity contribution in [2.45, 2.75) is 18.4 Å². The Morgan fingerprint density at radius 3 is 2.45 bits per heavy atom. The number of nitrogens with zero attached hydrogens (tertiary/aromatic N) is 2. The zero-order valence-corrected chi connectivity index (χ0v) is 12.4. The summed E-state index contributed by atoms with van der Waals surface area (Å²) in [6.07, 6.45) is 1.66. The van der Waals surface area contributed by atoms with E-state index >= 15 is 0 Å². The maximum Gasteiger partial charge on any atom is 0.240 e. The number of hydrogen-bond acceptors (Lipinski definition) is 4. The largest absolute Gasteiger partial charge is 0.497 e. The molecule has 0 saturated heterocycles. The number of methoxy groups -OCH3 is 1. The van der Waals surface area contributed by atoms with Gasteiger partial charge in [0.1, 0.15) is 5.75 Å². The molecule has 0 spiro atoms. The van der Waals surface area contributed by atoms with Crippen LogP contribution < -0.4 is 9.46 Å². The van der Waals surface area contributed by atoms with Crippen molar-refractivity contribution in [3.05, 3.63) is 41.7 Å². The normalized spacial score (nSPS) is 11.6. The SMILES string of the molecule is COc1ccc(S(=O)(=O)NCc2cnn(C)c2C)cc1. The fourth-order valence-electron chi connectivity index (χ4n) is 1.73. The summed E-state index contributed by atoms with van der Waals surface area (Å²) < 4.78 is 33.6. The number of nitrogens with one attached hydrogen (secondary N) is 1. The Bertz CT molecular complexity index is 690. The molecule has 0 aliphatic rings. The minimum atomic E-state index is -3.53. The highest BCUT2D eigenvalue weighted by atomic mass is 32.2. The third kappa shape index (κ3) is 3.00. The number of benzene rings is 1. The van der Waals surface area contributed by atoms with Gasteiger partial charge in [0.15, 0.2) is 0 Å². The molecular weight excluding hydrogens is 278 g/mol. The summed E-state index contributed by atoms with van der Waals surface area (Å²) >= 11 is 0. The van der Waals surface area contributed by atoms with Crippen molar-refractivity contribution in [1.29, 1.82) is 0 Å². The van der Waals surface area contributed by atoms with Gasteiger partial charge in [-0.1, -0.05) is 0 Å². The number of hydrogen-bond donors (Lipinski definition) is 1. The Hall–Kier alpha value is -1.86. The highest BCUT2D eigenvalue weighted by Gasteiger charge is 2.15. The highest BCUT2D eigenvalue weighted by molar-refractivity contribution is 7.89. The molecular formula is C13H17N3O3S. The highest BCUT2D eigenvalue weighted by Crippen LogP contribution is 2.16. The lowest BCUT2D eigenvalue weighted by Crippen LogP contribution is -2.23. The minimum Gasteiger partial charge on any atom is -0.497 e. The van der Waals surface area contributed by atoms with Crippen LogP contribution in [0.2, 0.25) is 0 Å². The van der Waals surface area contributed by atoms with Crippen molar-refractivity contribution < 1.29 is 13.2 Å². The van der Waals surface area contributed by atoms with Gasteiger partial charge in [-0.2, -0.15) is 5.10 Å². The monoisotopic (exact) mass is 295 g/mol. The second kappa shape index (κ2) is 5.64. The van der Waals surface area contributed by atoms with Crippen LogP contribution in [0.25, 0.3) is 0 Å². The molecule has 20 heavy (non-hydrogen) atoms. The third-order valence-electron chi connectivity index (χ3n) is 3.16. The third-order valence-corrected chi connectivity index (χ3v) is 4.58. The molecule has 2 rings (SSSR count). The fraction of sp³-hybridized carbons (Fsp3) is 0.308. The lowest BCUT2D eigenvalue weighted by atomic mass is 10.3. The molecule has 6 nitrogen and oxygen atoms in total. The molecule has 7 heteroatoms. The van der Waals surface area contributed by atoms with Crippen molar-refractivity contribution in [2.24, 2.45) is 7.05 Å². The molecule has 0 bridgehead atoms. The summed E-state index contributed by atoms with van der Waals surface area (Å²) in [7, 11) is -0.183. The van der Waals surface area contributed by atoms with E-state index in [1.54, 1.807) is 23.0 Å². The predicted molar refractivity (Wildman–Crippen MR) is 75.0 cm³/mol. The van der Waals surface area contributed by atoms with Gasteiger partial charge in [0.05, 0.1) is 18.2 Å². The molecule has 0 radical (unpaired) electrons. The van der Waals surface area contributed by atoms with Crippen LogP contribution in [0.5, 0.6) is 5.75 Å². The fourth-order valence-corrected chi connectivity index (χ4v) is 2.74. The second-order valence-electron chi connectivity index (χ2n) is 4.38. The Kier molecular flexibility index (Phi) is 4.10. The van der Waals surface area contributed by atoms with Gasteiger partial charge in [-0.15, -0.1) is 0 Å². The van der Waals surface area contributed by atoms with Crippen LogP contribution in [0.15, 0.2) is 35.4 Å². The van der Waals surface area contributed by atoms with Crippen LogP contribution in [0.1, 0.15) is 11.3 Å². The van der Waals surface area contributed by atoms with Gasteiger partial charge < -0.3 is 4.74 Å². The average Bonchev–Trinajstić information content (AvgIpc) is 2.77. The Balaban J connectivity index is 2.12. The molecule has 0 fully saturated rings. The number of ether oxygens (including phenoxy) is 1. The van der Waals surface area contributed by atoms with E-state index in [0.29, 0.717) is 5.75 Å². The summed E-state index contributed by atoms with van der Waals surface area (Å²) in [6.45, 7) is 2.11. The Morgan fingerprint density at radius 2 is 1.95 bits per heavy atom. The van der Waals surface area contributed by atoms with E-state index < -0.39 is 10.0 Å². The van der Waals surface area contributed by atoms with Crippen LogP contribution in [0.3, 0.4) is 0 Å². The summed E-state index contributed by atoms with van der Waals surface area (Å²) in [5.41, 5.74) is 1.78. The summed E-state index contributed by atoms with van der Waals surface area (Å²) in [5.74, 6) is 0.618. The topological polar surface area (TPSA) is 73.2 Å². The van der Waals surface area contributed by atoms with Crippen LogP contribution >= 0.6 is 0 Å². The molecule has 0 unspecified atom stereocenters. The quantitative estimate of drug-likeness (QED) is 0.900. The molecule has 0 atom stereocenters. The zero-order valence-electron chi connectivity index (χ0n) is 11.6. The first kappa shape index (κ1) is 14.5. The molecule has 1 aromatic carbocycles. The number of rotatable bonds is 5. The molecule has 108 valence electrons. The molecule has 0 amide bonds. The summed E-state index contributed by atoms with van der Waals surface area (Å²) in [4.78, 5) is 0.208. The van der Waals surface area contributed by atoms with E-state index in [-0.39, 0.29) is 11.4 Å². The summed E-state index contributed by atoms with van der Waals surface area (Å²) in [5, 5.41) is 4.08. The lowest BCUT2D eigenvalue weighted by molar-refractivity contribution is 0.414. The lowest BCUT2D eigenvalue weighted by Gasteiger charge is -2.07. The number of aryl methyl sites for hydroxylation is 1. The summed E-state index contributed by atoms with van der Waals surface area (Å²) in [6, 6.07) is 6.25. The van der Waals surface area contributed by atoms with E-state index in [1.165, 1.54) is 19.2 Å². The molecule has 0 aliphatic heterocycles. The maximum atomic E-state index is 12.1. The van der Waals surface area contributed by atoms with Crippen LogP contribution in [-0.4, -0.2) is 25.3 Å². The molecule has 1 aromatic heterocycles. The Labute approximate surface area is 118 Å². The minimum absolute atomic E-state index is 0.208. The van der Waals surface area contributed by atoms with Crippen molar-refractivity contribution in [3.8, 4) is 5.75 Å². The smallest absolute Gasteiger partial charge is 0.240 e. The molecule has 0 aliphatic carbocycles. The zero-order chi connectivity index (χ0) is 14.8. The van der Waals surface area contributed by atoms with Gasteiger partial charge in [0, 0.05) is 24.8 Å². The molecule has 0 saturated carbocycles. The first-order chi connectivity index (χ1) is 9.44. The van der Waals surface area contributed by atoms with E-state index in [0.717, 1.165) is 11.3 Å². The number of aromatic nitrogens is 2. The molecule has 1 N–H and O–H groups in total. The molecule has 2 aromatic rings. The van der Waals surface area contributed by atoms with E-state index in [9.17, 15) is 8.42 Å². The standard InChI is InChI=1S/C13H17N3O3S/c1-10-11(8-14-16(10)2)9-15-20(17,18)13-6-4-12(19-3)5-7-13/h4-8,15H,9H2,1-3H3. The van der Waals surface area contributed by atoms with Crippen LogP contribution in [0, 0.1) is 6.92 Å². The van der Waals surface area contributed by atoms with Crippen molar-refractivity contribution >= 4 is 10.0 Å². The van der Waals surface area contributed by atoms with Crippen molar-refractivity contribution in [3.63, 3.8) is 0 Å². The van der Waals surface area contributed by atoms with Crippen molar-refractivity contribution in [2.75, 3.05) is 7.11 Å². The van der Waals surface area contributed by atoms with E-state index in [4.69, 9.17) is 4.74 Å². The van der Waals surface area contributed by atoms with Crippen LogP contribution in [-0.2, 0) is 23.6 Å². The predicted octanol–water partition coefficient (Wildman–Crippen LogP) is 1.22. The van der Waals surface area contributed by atoms with Gasteiger partial charge >= 0.3 is 0 Å². The average molecular weight is 295 g/mol. The first-order valence-corrected chi connectivity index (χ1v) is 7.53. The van der Waals surface area contributed by atoms with Gasteiger partial charge in [0.2, 0.25) is 10.0 Å². The number of sulfonamides is 1. The van der Waals surface area contributed by atoms with Crippen molar-refractivity contribution in [1.82, 2.24) is 14.5 Å². The molecule has 1 heterocycles. The van der Waals surface area contributed by atoms with Gasteiger partial charge in [-0.05, 0) is 31.2 Å². The maximum absolute atomic E-state index is 12.1. The van der Waals surface area contributed by atoms with Crippen LogP contribution in [0.4, 0.5) is 0 Å². The Morgan fingerprint density at radius 1 is 1.30 bits per heavy atom. The second-order valence-corrected chi connectivity index (χ2v) is 6.15. The van der Waals surface area contributed by atoms with Gasteiger partial charge in [0.25, 0.3) is 0 Å². The van der Waals surface area contributed by atoms with E-state index in [2.05, 4.69) is 9.82 Å². The first-order valence-electron chi connectivity index (χ1n) is 6.05. The van der Waals surface area contributed by atoms with Gasteiger partial charge in [-0.3, -0.25) is 4.68 Å².